The second-order valence-corrected chi connectivity index (χ2v) is 4.75. The average Bonchev–Trinajstić information content (AvgIpc) is 2.45. The van der Waals surface area contributed by atoms with Crippen molar-refractivity contribution in [1.29, 1.82) is 5.26 Å². The van der Waals surface area contributed by atoms with Gasteiger partial charge in [0.1, 0.15) is 11.8 Å². The molecule has 1 rings (SSSR count). The lowest BCUT2D eigenvalue weighted by Gasteiger charge is -2.15. The molecule has 7 heteroatoms. The number of carboxylic acids is 1. The van der Waals surface area contributed by atoms with Gasteiger partial charge in [0.15, 0.2) is 0 Å². The molecule has 1 aromatic carbocycles. The molecule has 2 N–H and O–H groups in total. The van der Waals surface area contributed by atoms with E-state index in [1.54, 1.807) is 6.92 Å². The number of carboxylic acid groups (broad SMARTS) is 1. The molecule has 0 saturated heterocycles. The first-order chi connectivity index (χ1) is 10.3. The van der Waals surface area contributed by atoms with Crippen molar-refractivity contribution >= 4 is 17.8 Å². The van der Waals surface area contributed by atoms with E-state index in [2.05, 4.69) is 5.32 Å². The molecule has 0 unspecified atom stereocenters. The highest BCUT2D eigenvalue weighted by Crippen LogP contribution is 2.14. The smallest absolute Gasteiger partial charge is 0.326 e. The van der Waals surface area contributed by atoms with Gasteiger partial charge in [0.25, 0.3) is 5.91 Å². The molecule has 0 heterocycles. The van der Waals surface area contributed by atoms with Crippen LogP contribution in [0.4, 0.5) is 0 Å². The number of ether oxygens (including phenoxy) is 1. The van der Waals surface area contributed by atoms with E-state index in [1.165, 1.54) is 31.2 Å². The number of carbonyl (C=O) groups is 3. The van der Waals surface area contributed by atoms with Crippen LogP contribution in [0.2, 0.25) is 0 Å². The molecule has 1 aromatic rings. The van der Waals surface area contributed by atoms with Crippen molar-refractivity contribution in [3.05, 3.63) is 29.8 Å². The maximum absolute atomic E-state index is 12.1. The van der Waals surface area contributed by atoms with Crippen LogP contribution in [0.1, 0.15) is 30.6 Å². The van der Waals surface area contributed by atoms with E-state index in [1.807, 2.05) is 6.07 Å². The molecule has 0 aliphatic rings. The predicted octanol–water partition coefficient (Wildman–Crippen LogP) is 1.34. The minimum atomic E-state index is -1.22. The van der Waals surface area contributed by atoms with E-state index >= 15 is 0 Å². The van der Waals surface area contributed by atoms with Crippen molar-refractivity contribution in [2.45, 2.75) is 26.3 Å². The van der Waals surface area contributed by atoms with Crippen LogP contribution < -0.4 is 10.1 Å². The number of hydrogen-bond acceptors (Lipinski definition) is 5. The molecular formula is C15H16N2O5. The van der Waals surface area contributed by atoms with Crippen molar-refractivity contribution in [2.75, 3.05) is 0 Å². The summed E-state index contributed by atoms with van der Waals surface area (Å²) in [4.78, 5) is 34.1. The number of hydrogen-bond donors (Lipinski definition) is 2. The van der Waals surface area contributed by atoms with E-state index in [0.717, 1.165) is 0 Å². The molecule has 0 aliphatic carbocycles. The van der Waals surface area contributed by atoms with Gasteiger partial charge in [-0.25, -0.2) is 4.79 Å². The van der Waals surface area contributed by atoms with Gasteiger partial charge in [-0.2, -0.15) is 5.26 Å². The molecule has 2 atom stereocenters. The Labute approximate surface area is 127 Å². The van der Waals surface area contributed by atoms with Gasteiger partial charge in [0.2, 0.25) is 0 Å². The molecule has 116 valence electrons. The molecule has 0 saturated carbocycles. The van der Waals surface area contributed by atoms with Gasteiger partial charge in [-0.15, -0.1) is 0 Å². The van der Waals surface area contributed by atoms with Crippen molar-refractivity contribution in [3.63, 3.8) is 0 Å². The molecule has 1 amide bonds. The standard InChI is InChI=1S/C15H16N2O5/c1-9(8-16)6-13(15(20)21)17-14(19)11-4-3-5-12(7-11)22-10(2)18/h3-5,7,9,13H,6H2,1-2H3,(H,17,19)(H,20,21)/t9-,13+/m1/s1. The Morgan fingerprint density at radius 3 is 2.64 bits per heavy atom. The number of nitriles is 1. The summed E-state index contributed by atoms with van der Waals surface area (Å²) in [5.41, 5.74) is 0.162. The highest BCUT2D eigenvalue weighted by molar-refractivity contribution is 5.97. The zero-order chi connectivity index (χ0) is 16.7. The summed E-state index contributed by atoms with van der Waals surface area (Å²) in [5, 5.41) is 20.2. The highest BCUT2D eigenvalue weighted by atomic mass is 16.5. The topological polar surface area (TPSA) is 116 Å². The summed E-state index contributed by atoms with van der Waals surface area (Å²) in [6.45, 7) is 2.81. The first-order valence-electron chi connectivity index (χ1n) is 6.55. The van der Waals surface area contributed by atoms with Gasteiger partial charge >= 0.3 is 11.9 Å². The van der Waals surface area contributed by atoms with Gasteiger partial charge in [-0.1, -0.05) is 6.07 Å². The summed E-state index contributed by atoms with van der Waals surface area (Å²) in [7, 11) is 0. The summed E-state index contributed by atoms with van der Waals surface area (Å²) in [6.07, 6.45) is 0.00120. The molecule has 0 bridgehead atoms. The lowest BCUT2D eigenvalue weighted by molar-refractivity contribution is -0.139. The molecule has 0 fully saturated rings. The zero-order valence-corrected chi connectivity index (χ0v) is 12.2. The summed E-state index contributed by atoms with van der Waals surface area (Å²) in [6, 6.07) is 6.58. The fourth-order valence-electron chi connectivity index (χ4n) is 1.74. The number of aliphatic carboxylic acids is 1. The number of esters is 1. The van der Waals surface area contributed by atoms with Crippen LogP contribution in [0.3, 0.4) is 0 Å². The largest absolute Gasteiger partial charge is 0.480 e. The van der Waals surface area contributed by atoms with Gasteiger partial charge < -0.3 is 15.2 Å². The van der Waals surface area contributed by atoms with Crippen LogP contribution in [0, 0.1) is 17.2 Å². The monoisotopic (exact) mass is 304 g/mol. The maximum Gasteiger partial charge on any atom is 0.326 e. The van der Waals surface area contributed by atoms with E-state index < -0.39 is 29.8 Å². The molecule has 0 radical (unpaired) electrons. The first kappa shape index (κ1) is 17.2. The minimum Gasteiger partial charge on any atom is -0.480 e. The van der Waals surface area contributed by atoms with Crippen molar-refractivity contribution in [3.8, 4) is 11.8 Å². The lowest BCUT2D eigenvalue weighted by atomic mass is 10.0. The van der Waals surface area contributed by atoms with Gasteiger partial charge in [-0.05, 0) is 31.5 Å². The van der Waals surface area contributed by atoms with Gasteiger partial charge in [0.05, 0.1) is 6.07 Å². The normalized spacial score (nSPS) is 12.6. The number of carbonyl (C=O) groups excluding carboxylic acids is 2. The number of amides is 1. The second-order valence-electron chi connectivity index (χ2n) is 4.75. The van der Waals surface area contributed by atoms with Gasteiger partial charge in [0, 0.05) is 18.4 Å². The van der Waals surface area contributed by atoms with Crippen LogP contribution in [0.5, 0.6) is 5.75 Å². The lowest BCUT2D eigenvalue weighted by Crippen LogP contribution is -2.41. The van der Waals surface area contributed by atoms with Crippen LogP contribution in [-0.2, 0) is 9.59 Å². The first-order valence-corrected chi connectivity index (χ1v) is 6.55. The number of rotatable bonds is 6. The zero-order valence-electron chi connectivity index (χ0n) is 12.2. The SMILES string of the molecule is CC(=O)Oc1cccc(C(=O)N[C@@H](C[C@@H](C)C#N)C(=O)O)c1. The van der Waals surface area contributed by atoms with Crippen LogP contribution in [-0.4, -0.2) is 29.0 Å². The second kappa shape index (κ2) is 7.78. The van der Waals surface area contributed by atoms with Crippen LogP contribution in [0.25, 0.3) is 0 Å². The third kappa shape index (κ3) is 5.25. The van der Waals surface area contributed by atoms with Crippen molar-refractivity contribution in [2.24, 2.45) is 5.92 Å². The minimum absolute atomic E-state index is 0.00120. The molecule has 0 aliphatic heterocycles. The third-order valence-electron chi connectivity index (χ3n) is 2.77. The summed E-state index contributed by atoms with van der Waals surface area (Å²) < 4.78 is 4.86. The Morgan fingerprint density at radius 1 is 1.41 bits per heavy atom. The Morgan fingerprint density at radius 2 is 2.09 bits per heavy atom. The summed E-state index contributed by atoms with van der Waals surface area (Å²) in [5.74, 6) is -2.67. The third-order valence-corrected chi connectivity index (χ3v) is 2.77. The van der Waals surface area contributed by atoms with Crippen LogP contribution in [0.15, 0.2) is 24.3 Å². The molecular weight excluding hydrogens is 288 g/mol. The summed E-state index contributed by atoms with van der Waals surface area (Å²) >= 11 is 0. The Kier molecular flexibility index (Phi) is 6.08. The van der Waals surface area contributed by atoms with Crippen molar-refractivity contribution in [1.82, 2.24) is 5.32 Å². The Bertz CT molecular complexity index is 621. The Hall–Kier alpha value is -2.88. The number of nitrogens with one attached hydrogen (secondary N) is 1. The molecule has 0 aromatic heterocycles. The molecule has 7 nitrogen and oxygen atoms in total. The van der Waals surface area contributed by atoms with E-state index in [4.69, 9.17) is 15.1 Å². The van der Waals surface area contributed by atoms with E-state index in [0.29, 0.717) is 0 Å². The van der Waals surface area contributed by atoms with Crippen molar-refractivity contribution < 1.29 is 24.2 Å². The van der Waals surface area contributed by atoms with Gasteiger partial charge in [-0.3, -0.25) is 9.59 Å². The molecule has 0 spiro atoms. The number of benzene rings is 1. The fourth-order valence-corrected chi connectivity index (χ4v) is 1.74. The molecule has 22 heavy (non-hydrogen) atoms. The maximum atomic E-state index is 12.1. The number of nitrogens with zero attached hydrogens (tertiary/aromatic N) is 1. The predicted molar refractivity (Wildman–Crippen MR) is 76.0 cm³/mol. The van der Waals surface area contributed by atoms with E-state index in [9.17, 15) is 14.4 Å². The van der Waals surface area contributed by atoms with Crippen LogP contribution >= 0.6 is 0 Å². The fraction of sp³-hybridized carbons (Fsp3) is 0.333. The highest BCUT2D eigenvalue weighted by Gasteiger charge is 2.23. The Balaban J connectivity index is 2.84. The quantitative estimate of drug-likeness (QED) is 0.605. The average molecular weight is 304 g/mol. The van der Waals surface area contributed by atoms with E-state index in [-0.39, 0.29) is 17.7 Å².